The number of nitrogens with one attached hydrogen (secondary N) is 1. The van der Waals surface area contributed by atoms with E-state index in [-0.39, 0.29) is 36.6 Å². The number of likely N-dealkylation sites (N-methyl/N-ethyl adjacent to an activating group) is 1. The number of aliphatic hydroxyl groups excluding tert-OH is 1. The smallest absolute Gasteiger partial charge is 0.245 e. The Balaban J connectivity index is 1.41. The Morgan fingerprint density at radius 2 is 1.61 bits per heavy atom. The lowest BCUT2D eigenvalue weighted by atomic mass is 9.84. The molecule has 3 N–H and O–H groups in total. The standard InChI is InChI=1S/C37H39N5O4/c1-39-25-35(45)41-32(20-26-15-17-30(43)18-16-26)36(46)40-23-31(28-12-6-3-7-13-28)29-14-8-9-19-37(33(44)21-29,42(39)34(41)24-40)38-22-27-10-4-2-5-11-27/h2-19,21,31-34,38,43-44H,20,22-25H2,1H3/b14-8?,19-9-,29-21?/t31?,32-,33?,34-,37?/m0/s1. The second kappa shape index (κ2) is 12.3. The fourth-order valence-corrected chi connectivity index (χ4v) is 7.43. The van der Waals surface area contributed by atoms with E-state index >= 15 is 0 Å². The maximum atomic E-state index is 14.5. The van der Waals surface area contributed by atoms with Crippen LogP contribution in [0.3, 0.4) is 0 Å². The average Bonchev–Trinajstić information content (AvgIpc) is 3.05. The summed E-state index contributed by atoms with van der Waals surface area (Å²) >= 11 is 0. The maximum Gasteiger partial charge on any atom is 0.245 e. The Kier molecular flexibility index (Phi) is 8.08. The lowest BCUT2D eigenvalue weighted by Gasteiger charge is -2.61. The summed E-state index contributed by atoms with van der Waals surface area (Å²) in [6.45, 7) is 1.17. The van der Waals surface area contributed by atoms with Gasteiger partial charge in [0.1, 0.15) is 29.7 Å². The third kappa shape index (κ3) is 5.45. The van der Waals surface area contributed by atoms with Gasteiger partial charge in [0.25, 0.3) is 0 Å². The van der Waals surface area contributed by atoms with Crippen molar-refractivity contribution >= 4 is 11.8 Å². The van der Waals surface area contributed by atoms with Gasteiger partial charge in [0.2, 0.25) is 11.8 Å². The Morgan fingerprint density at radius 1 is 0.891 bits per heavy atom. The van der Waals surface area contributed by atoms with Gasteiger partial charge < -0.3 is 20.0 Å². The number of rotatable bonds is 6. The number of aliphatic hydroxyl groups is 1. The van der Waals surface area contributed by atoms with Crippen LogP contribution in [-0.2, 0) is 22.6 Å². The van der Waals surface area contributed by atoms with Crippen molar-refractivity contribution in [3.8, 4) is 5.75 Å². The van der Waals surface area contributed by atoms with Gasteiger partial charge in [0.15, 0.2) is 0 Å². The number of aromatic hydroxyl groups is 1. The summed E-state index contributed by atoms with van der Waals surface area (Å²) in [5.74, 6) is -0.317. The summed E-state index contributed by atoms with van der Waals surface area (Å²) in [5, 5.41) is 30.0. The number of piperazine rings is 1. The molecule has 0 radical (unpaired) electrons. The maximum absolute atomic E-state index is 14.5. The van der Waals surface area contributed by atoms with Crippen LogP contribution in [0, 0.1) is 0 Å². The lowest BCUT2D eigenvalue weighted by molar-refractivity contribution is -0.234. The summed E-state index contributed by atoms with van der Waals surface area (Å²) in [6.07, 6.45) is 8.58. The highest BCUT2D eigenvalue weighted by Gasteiger charge is 2.56. The average molecular weight is 618 g/mol. The Labute approximate surface area is 269 Å². The van der Waals surface area contributed by atoms with Crippen LogP contribution in [0.5, 0.6) is 5.75 Å². The highest BCUT2D eigenvalue weighted by atomic mass is 16.3. The molecule has 2 fully saturated rings. The molecule has 0 saturated carbocycles. The number of phenols is 1. The van der Waals surface area contributed by atoms with Crippen molar-refractivity contribution in [2.24, 2.45) is 0 Å². The molecule has 9 nitrogen and oxygen atoms in total. The zero-order chi connectivity index (χ0) is 31.8. The molecule has 3 aromatic carbocycles. The molecule has 2 amide bonds. The normalized spacial score (nSPS) is 28.9. The van der Waals surface area contributed by atoms with Gasteiger partial charge in [-0.2, -0.15) is 5.01 Å². The summed E-state index contributed by atoms with van der Waals surface area (Å²) in [4.78, 5) is 32.1. The first kappa shape index (κ1) is 30.1. The molecule has 7 rings (SSSR count). The van der Waals surface area contributed by atoms with E-state index in [0.29, 0.717) is 19.5 Å². The van der Waals surface area contributed by atoms with E-state index in [1.54, 1.807) is 29.2 Å². The first-order valence-electron chi connectivity index (χ1n) is 15.8. The van der Waals surface area contributed by atoms with Crippen molar-refractivity contribution in [1.29, 1.82) is 0 Å². The summed E-state index contributed by atoms with van der Waals surface area (Å²) in [7, 11) is 1.87. The van der Waals surface area contributed by atoms with Crippen LogP contribution in [-0.4, -0.2) is 92.5 Å². The van der Waals surface area contributed by atoms with E-state index in [0.717, 1.165) is 22.3 Å². The Morgan fingerprint density at radius 3 is 2.35 bits per heavy atom. The number of amides is 2. The van der Waals surface area contributed by atoms with Gasteiger partial charge in [-0.1, -0.05) is 91.0 Å². The van der Waals surface area contributed by atoms with Gasteiger partial charge in [-0.25, -0.2) is 5.01 Å². The number of hydrazine groups is 1. The lowest BCUT2D eigenvalue weighted by Crippen LogP contribution is -2.81. The van der Waals surface area contributed by atoms with E-state index in [1.807, 2.05) is 95.9 Å². The zero-order valence-corrected chi connectivity index (χ0v) is 25.8. The molecule has 2 saturated heterocycles. The highest BCUT2D eigenvalue weighted by Crippen LogP contribution is 2.39. The molecular weight excluding hydrogens is 578 g/mol. The molecule has 236 valence electrons. The van der Waals surface area contributed by atoms with E-state index < -0.39 is 24.0 Å². The van der Waals surface area contributed by atoms with Crippen molar-refractivity contribution in [1.82, 2.24) is 25.1 Å². The van der Waals surface area contributed by atoms with E-state index in [1.165, 1.54) is 0 Å². The molecule has 4 aliphatic rings. The molecule has 3 aromatic rings. The second-order valence-electron chi connectivity index (χ2n) is 12.5. The van der Waals surface area contributed by atoms with Gasteiger partial charge in [-0.15, -0.1) is 0 Å². The largest absolute Gasteiger partial charge is 0.508 e. The van der Waals surface area contributed by atoms with Gasteiger partial charge >= 0.3 is 0 Å². The van der Waals surface area contributed by atoms with Gasteiger partial charge in [0, 0.05) is 32.5 Å². The quantitative estimate of drug-likeness (QED) is 0.391. The SMILES string of the molecule is CN1CC(=O)N2[C@@H](Cc3ccc(O)cc3)C(=O)N3CC(c4ccccc4)C4=CC(O)C(NCc5ccccc5)(/C=C\C=C4)N1[C@H]2C3. The fourth-order valence-electron chi connectivity index (χ4n) is 7.43. The number of carbonyl (C=O) groups excluding carboxylic acids is 2. The number of fused-ring (bicyclic) bond motifs is 4. The monoisotopic (exact) mass is 617 g/mol. The molecule has 3 aliphatic heterocycles. The summed E-state index contributed by atoms with van der Waals surface area (Å²) in [5.41, 5.74) is 2.68. The van der Waals surface area contributed by atoms with E-state index in [9.17, 15) is 19.8 Å². The molecular formula is C37H39N5O4. The van der Waals surface area contributed by atoms with Crippen LogP contribution in [0.2, 0.25) is 0 Å². The van der Waals surface area contributed by atoms with E-state index in [4.69, 9.17) is 0 Å². The van der Waals surface area contributed by atoms with Gasteiger partial charge in [-0.3, -0.25) is 14.9 Å². The molecule has 5 atom stereocenters. The highest BCUT2D eigenvalue weighted by molar-refractivity contribution is 5.90. The van der Waals surface area contributed by atoms with Crippen molar-refractivity contribution in [3.05, 3.63) is 138 Å². The van der Waals surface area contributed by atoms with Crippen molar-refractivity contribution in [3.63, 3.8) is 0 Å². The molecule has 1 aliphatic carbocycles. The predicted octanol–water partition coefficient (Wildman–Crippen LogP) is 3.16. The van der Waals surface area contributed by atoms with Crippen LogP contribution in [0.4, 0.5) is 0 Å². The van der Waals surface area contributed by atoms with E-state index in [2.05, 4.69) is 22.5 Å². The minimum Gasteiger partial charge on any atom is -0.508 e. The van der Waals surface area contributed by atoms with Crippen molar-refractivity contribution in [2.75, 3.05) is 26.7 Å². The molecule has 4 bridgehead atoms. The van der Waals surface area contributed by atoms with Crippen LogP contribution in [0.15, 0.2) is 121 Å². The third-order valence-electron chi connectivity index (χ3n) is 9.66. The Hall–Kier alpha value is -4.54. The van der Waals surface area contributed by atoms with Gasteiger partial charge in [-0.05, 0) is 46.5 Å². The number of allylic oxidation sites excluding steroid dienone is 3. The number of hydrogen-bond donors (Lipinski definition) is 3. The van der Waals surface area contributed by atoms with Gasteiger partial charge in [0.05, 0.1) is 13.1 Å². The van der Waals surface area contributed by atoms with Crippen LogP contribution in [0.25, 0.3) is 0 Å². The van der Waals surface area contributed by atoms with Crippen molar-refractivity contribution < 1.29 is 19.8 Å². The minimum absolute atomic E-state index is 0.0459. The number of nitrogens with zero attached hydrogens (tertiary/aromatic N) is 4. The molecule has 3 unspecified atom stereocenters. The molecule has 46 heavy (non-hydrogen) atoms. The zero-order valence-electron chi connectivity index (χ0n) is 25.8. The third-order valence-corrected chi connectivity index (χ3v) is 9.66. The molecule has 0 spiro atoms. The minimum atomic E-state index is -1.17. The number of hydrogen-bond acceptors (Lipinski definition) is 7. The number of carbonyl (C=O) groups is 2. The number of benzene rings is 3. The fraction of sp³-hybridized carbons (Fsp3) is 0.297. The topological polar surface area (TPSA) is 99.6 Å². The molecule has 3 heterocycles. The van der Waals surface area contributed by atoms with Crippen LogP contribution >= 0.6 is 0 Å². The Bertz CT molecular complexity index is 1670. The first-order chi connectivity index (χ1) is 22.3. The summed E-state index contributed by atoms with van der Waals surface area (Å²) < 4.78 is 0. The predicted molar refractivity (Wildman–Crippen MR) is 175 cm³/mol. The molecule has 9 heteroatoms. The first-order valence-corrected chi connectivity index (χ1v) is 15.8. The molecule has 0 aromatic heterocycles. The van der Waals surface area contributed by atoms with Crippen molar-refractivity contribution in [2.45, 2.75) is 42.9 Å². The summed E-state index contributed by atoms with van der Waals surface area (Å²) in [6, 6.07) is 26.2. The van der Waals surface area contributed by atoms with Crippen LogP contribution in [0.1, 0.15) is 22.6 Å². The van der Waals surface area contributed by atoms with Crippen LogP contribution < -0.4 is 5.32 Å². The second-order valence-corrected chi connectivity index (χ2v) is 12.5. The number of phenolic OH excluding ortho intramolecular Hbond substituents is 1.